The summed E-state index contributed by atoms with van der Waals surface area (Å²) in [5, 5.41) is 28.1. The molecular weight excluding hydrogens is 240 g/mol. The van der Waals surface area contributed by atoms with Crippen molar-refractivity contribution in [3.63, 3.8) is 0 Å². The van der Waals surface area contributed by atoms with Crippen LogP contribution in [0.15, 0.2) is 0 Å². The minimum atomic E-state index is -1.34. The van der Waals surface area contributed by atoms with Gasteiger partial charge in [0.25, 0.3) is 5.97 Å². The van der Waals surface area contributed by atoms with Crippen LogP contribution in [0.1, 0.15) is 27.2 Å². The van der Waals surface area contributed by atoms with E-state index in [4.69, 9.17) is 14.2 Å². The molecule has 6 heteroatoms. The summed E-state index contributed by atoms with van der Waals surface area (Å²) in [6, 6.07) is 0. The highest BCUT2D eigenvalue weighted by Crippen LogP contribution is 2.32. The predicted molar refractivity (Wildman–Crippen MR) is 65.9 cm³/mol. The van der Waals surface area contributed by atoms with Gasteiger partial charge in [0.1, 0.15) is 0 Å². The Labute approximate surface area is 108 Å². The van der Waals surface area contributed by atoms with Crippen LogP contribution in [0, 0.1) is 5.41 Å². The zero-order valence-corrected chi connectivity index (χ0v) is 11.5. The van der Waals surface area contributed by atoms with Gasteiger partial charge >= 0.3 is 0 Å². The van der Waals surface area contributed by atoms with E-state index in [0.717, 1.165) is 0 Å². The summed E-state index contributed by atoms with van der Waals surface area (Å²) in [7, 11) is 0. The quantitative estimate of drug-likeness (QED) is 0.460. The van der Waals surface area contributed by atoms with Crippen molar-refractivity contribution in [2.24, 2.45) is 5.41 Å². The lowest BCUT2D eigenvalue weighted by atomic mass is 9.86. The summed E-state index contributed by atoms with van der Waals surface area (Å²) in [6.07, 6.45) is 0.0546. The fraction of sp³-hybridized carbons (Fsp3) is 1.00. The van der Waals surface area contributed by atoms with E-state index in [1.807, 2.05) is 0 Å². The number of rotatable bonds is 11. The van der Waals surface area contributed by atoms with Crippen LogP contribution in [-0.2, 0) is 14.2 Å². The Morgan fingerprint density at radius 1 is 0.722 bits per heavy atom. The highest BCUT2D eigenvalue weighted by molar-refractivity contribution is 4.81. The molecule has 3 N–H and O–H groups in total. The van der Waals surface area contributed by atoms with E-state index in [9.17, 15) is 15.3 Å². The minimum Gasteiger partial charge on any atom is -0.396 e. The van der Waals surface area contributed by atoms with Crippen molar-refractivity contribution < 1.29 is 29.5 Å². The standard InChI is InChI=1S/C12H26O6/c1-4-16-12(17-5-2,18-6-3)7-11(8-13,9-14)10-15/h13-15H,4-10H2,1-3H3. The van der Waals surface area contributed by atoms with Crippen molar-refractivity contribution in [3.05, 3.63) is 0 Å². The van der Waals surface area contributed by atoms with Gasteiger partial charge in [0.05, 0.1) is 19.8 Å². The first-order valence-electron chi connectivity index (χ1n) is 6.32. The van der Waals surface area contributed by atoms with Crippen LogP contribution in [0.4, 0.5) is 0 Å². The van der Waals surface area contributed by atoms with Gasteiger partial charge in [0, 0.05) is 31.7 Å². The molecule has 0 spiro atoms. The maximum Gasteiger partial charge on any atom is 0.283 e. The summed E-state index contributed by atoms with van der Waals surface area (Å²) in [5.74, 6) is -1.34. The van der Waals surface area contributed by atoms with Gasteiger partial charge in [-0.05, 0) is 20.8 Å². The minimum absolute atomic E-state index is 0.0546. The van der Waals surface area contributed by atoms with Gasteiger partial charge in [-0.25, -0.2) is 0 Å². The topological polar surface area (TPSA) is 88.4 Å². The summed E-state index contributed by atoms with van der Waals surface area (Å²) >= 11 is 0. The fourth-order valence-corrected chi connectivity index (χ4v) is 1.71. The average molecular weight is 266 g/mol. The van der Waals surface area contributed by atoms with Crippen molar-refractivity contribution >= 4 is 0 Å². The molecule has 6 nitrogen and oxygen atoms in total. The van der Waals surface area contributed by atoms with Gasteiger partial charge in [-0.3, -0.25) is 0 Å². The number of aliphatic hydroxyl groups is 3. The summed E-state index contributed by atoms with van der Waals surface area (Å²) < 4.78 is 16.5. The Morgan fingerprint density at radius 3 is 1.28 bits per heavy atom. The Morgan fingerprint density at radius 2 is 1.06 bits per heavy atom. The van der Waals surface area contributed by atoms with Crippen LogP contribution >= 0.6 is 0 Å². The molecule has 0 aliphatic carbocycles. The van der Waals surface area contributed by atoms with Crippen LogP contribution in [0.3, 0.4) is 0 Å². The molecule has 0 aromatic carbocycles. The molecule has 18 heavy (non-hydrogen) atoms. The summed E-state index contributed by atoms with van der Waals surface area (Å²) in [5.41, 5.74) is -1.10. The molecule has 0 saturated carbocycles. The second-order valence-electron chi connectivity index (χ2n) is 4.13. The molecule has 0 fully saturated rings. The third kappa shape index (κ3) is 4.79. The van der Waals surface area contributed by atoms with Crippen molar-refractivity contribution in [1.29, 1.82) is 0 Å². The first-order valence-corrected chi connectivity index (χ1v) is 6.32. The van der Waals surface area contributed by atoms with Crippen molar-refractivity contribution in [3.8, 4) is 0 Å². The van der Waals surface area contributed by atoms with Crippen LogP contribution in [0.25, 0.3) is 0 Å². The van der Waals surface area contributed by atoms with Gasteiger partial charge in [-0.15, -0.1) is 0 Å². The largest absolute Gasteiger partial charge is 0.396 e. The Balaban J connectivity index is 5.02. The molecule has 0 saturated heterocycles. The van der Waals surface area contributed by atoms with Crippen LogP contribution in [0.2, 0.25) is 0 Å². The second-order valence-corrected chi connectivity index (χ2v) is 4.13. The molecular formula is C12H26O6. The summed E-state index contributed by atoms with van der Waals surface area (Å²) in [4.78, 5) is 0. The van der Waals surface area contributed by atoms with Crippen molar-refractivity contribution in [2.75, 3.05) is 39.6 Å². The lowest BCUT2D eigenvalue weighted by molar-refractivity contribution is -0.391. The van der Waals surface area contributed by atoms with Gasteiger partial charge in [-0.2, -0.15) is 0 Å². The molecule has 0 aromatic rings. The second kappa shape index (κ2) is 8.79. The van der Waals surface area contributed by atoms with Gasteiger partial charge in [-0.1, -0.05) is 0 Å². The maximum absolute atomic E-state index is 9.36. The molecule has 0 bridgehead atoms. The van der Waals surface area contributed by atoms with E-state index in [-0.39, 0.29) is 26.2 Å². The highest BCUT2D eigenvalue weighted by atomic mass is 16.9. The molecule has 110 valence electrons. The smallest absolute Gasteiger partial charge is 0.283 e. The first-order chi connectivity index (χ1) is 8.57. The predicted octanol–water partition coefficient (Wildman–Crippen LogP) is 0.103. The monoisotopic (exact) mass is 266 g/mol. The Bertz CT molecular complexity index is 179. The molecule has 0 aromatic heterocycles. The van der Waals surface area contributed by atoms with E-state index in [1.165, 1.54) is 0 Å². The van der Waals surface area contributed by atoms with E-state index < -0.39 is 11.4 Å². The highest BCUT2D eigenvalue weighted by Gasteiger charge is 2.43. The molecule has 0 radical (unpaired) electrons. The van der Waals surface area contributed by atoms with E-state index in [1.54, 1.807) is 20.8 Å². The SMILES string of the molecule is CCOC(CC(CO)(CO)CO)(OCC)OCC. The van der Waals surface area contributed by atoms with Crippen LogP contribution < -0.4 is 0 Å². The molecule has 0 rings (SSSR count). The zero-order valence-electron chi connectivity index (χ0n) is 11.5. The van der Waals surface area contributed by atoms with Gasteiger partial charge in [0.15, 0.2) is 0 Å². The van der Waals surface area contributed by atoms with E-state index >= 15 is 0 Å². The molecule has 0 atom stereocenters. The van der Waals surface area contributed by atoms with Crippen LogP contribution in [-0.4, -0.2) is 60.9 Å². The average Bonchev–Trinajstić information content (AvgIpc) is 2.37. The van der Waals surface area contributed by atoms with E-state index in [2.05, 4.69) is 0 Å². The number of hydrogen-bond acceptors (Lipinski definition) is 6. The van der Waals surface area contributed by atoms with Crippen molar-refractivity contribution in [1.82, 2.24) is 0 Å². The van der Waals surface area contributed by atoms with Gasteiger partial charge in [0.2, 0.25) is 0 Å². The number of ether oxygens (including phenoxy) is 3. The summed E-state index contributed by atoms with van der Waals surface area (Å²) in [6.45, 7) is 5.33. The zero-order chi connectivity index (χ0) is 14.1. The number of aliphatic hydroxyl groups excluding tert-OH is 3. The number of hydrogen-bond donors (Lipinski definition) is 3. The Kier molecular flexibility index (Phi) is 8.67. The molecule has 0 heterocycles. The van der Waals surface area contributed by atoms with Crippen LogP contribution in [0.5, 0.6) is 0 Å². The molecule has 0 amide bonds. The third-order valence-corrected chi connectivity index (χ3v) is 2.69. The third-order valence-electron chi connectivity index (χ3n) is 2.69. The van der Waals surface area contributed by atoms with E-state index in [0.29, 0.717) is 19.8 Å². The Hall–Kier alpha value is -0.240. The fourth-order valence-electron chi connectivity index (χ4n) is 1.71. The lowest BCUT2D eigenvalue weighted by Gasteiger charge is -2.39. The lowest BCUT2D eigenvalue weighted by Crippen LogP contribution is -2.48. The van der Waals surface area contributed by atoms with Gasteiger partial charge < -0.3 is 29.5 Å². The molecule has 0 aliphatic heterocycles. The normalized spacial score (nSPS) is 13.0. The van der Waals surface area contributed by atoms with Crippen molar-refractivity contribution in [2.45, 2.75) is 33.2 Å². The molecule has 0 aliphatic rings. The maximum atomic E-state index is 9.36. The first kappa shape index (κ1) is 17.8. The molecule has 0 unspecified atom stereocenters.